The van der Waals surface area contributed by atoms with Crippen LogP contribution in [0.2, 0.25) is 0 Å². The molecule has 0 radical (unpaired) electrons. The number of phenolic OH excluding ortho intramolecular Hbond substituents is 1. The topological polar surface area (TPSA) is 46.5 Å². The average molecular weight is 332 g/mol. The first-order valence-corrected chi connectivity index (χ1v) is 7.54. The molecule has 23 heavy (non-hydrogen) atoms. The van der Waals surface area contributed by atoms with Crippen LogP contribution >= 0.6 is 0 Å². The van der Waals surface area contributed by atoms with Crippen LogP contribution < -0.4 is 0 Å². The number of esters is 1. The van der Waals surface area contributed by atoms with Crippen LogP contribution in [0.3, 0.4) is 0 Å². The molecule has 0 aliphatic heterocycles. The third-order valence-corrected chi connectivity index (χ3v) is 3.91. The molecule has 0 aliphatic rings. The molecular weight excluding hydrogens is 309 g/mol. The first kappa shape index (κ1) is 19.3. The van der Waals surface area contributed by atoms with Crippen LogP contribution in [0.5, 0.6) is 5.75 Å². The molecule has 6 heteroatoms. The number of ether oxygens (including phenoxy) is 1. The van der Waals surface area contributed by atoms with Gasteiger partial charge in [0.1, 0.15) is 5.75 Å². The SMILES string of the molecule is CCC(CC(C)(C)C(=O)OC(C)C(F)(F)F)c1ccc(O)cc1. The van der Waals surface area contributed by atoms with Gasteiger partial charge in [-0.3, -0.25) is 4.79 Å². The van der Waals surface area contributed by atoms with E-state index in [0.717, 1.165) is 18.9 Å². The quantitative estimate of drug-likeness (QED) is 0.762. The van der Waals surface area contributed by atoms with Crippen LogP contribution in [0, 0.1) is 5.41 Å². The second-order valence-electron chi connectivity index (χ2n) is 6.37. The number of hydrogen-bond donors (Lipinski definition) is 1. The van der Waals surface area contributed by atoms with E-state index in [1.807, 2.05) is 6.92 Å². The molecule has 0 spiro atoms. The van der Waals surface area contributed by atoms with E-state index in [1.54, 1.807) is 38.1 Å². The molecule has 0 amide bonds. The number of alkyl halides is 3. The Hall–Kier alpha value is -1.72. The molecule has 0 heterocycles. The van der Waals surface area contributed by atoms with Gasteiger partial charge in [-0.05, 0) is 57.2 Å². The summed E-state index contributed by atoms with van der Waals surface area (Å²) >= 11 is 0. The summed E-state index contributed by atoms with van der Waals surface area (Å²) in [5.74, 6) is -0.736. The Bertz CT molecular complexity index is 521. The molecular formula is C17H23F3O3. The Balaban J connectivity index is 2.82. The Morgan fingerprint density at radius 1 is 1.22 bits per heavy atom. The smallest absolute Gasteiger partial charge is 0.425 e. The fraction of sp³-hybridized carbons (Fsp3) is 0.588. The molecule has 1 N–H and O–H groups in total. The molecule has 0 fully saturated rings. The Labute approximate surface area is 134 Å². The van der Waals surface area contributed by atoms with Crippen molar-refractivity contribution in [2.24, 2.45) is 5.41 Å². The van der Waals surface area contributed by atoms with E-state index in [9.17, 15) is 23.1 Å². The highest BCUT2D eigenvalue weighted by atomic mass is 19.4. The summed E-state index contributed by atoms with van der Waals surface area (Å²) < 4.78 is 42.2. The average Bonchev–Trinajstić information content (AvgIpc) is 2.44. The molecule has 0 saturated carbocycles. The van der Waals surface area contributed by atoms with Crippen LogP contribution in [-0.2, 0) is 9.53 Å². The molecule has 1 rings (SSSR count). The Morgan fingerprint density at radius 3 is 2.17 bits per heavy atom. The van der Waals surface area contributed by atoms with Gasteiger partial charge in [0, 0.05) is 0 Å². The fourth-order valence-corrected chi connectivity index (χ4v) is 2.33. The lowest BCUT2D eigenvalue weighted by molar-refractivity contribution is -0.221. The second kappa shape index (κ2) is 7.23. The minimum Gasteiger partial charge on any atom is -0.508 e. The largest absolute Gasteiger partial charge is 0.508 e. The molecule has 3 nitrogen and oxygen atoms in total. The van der Waals surface area contributed by atoms with E-state index >= 15 is 0 Å². The molecule has 1 aromatic carbocycles. The van der Waals surface area contributed by atoms with Crippen molar-refractivity contribution in [2.45, 2.75) is 58.7 Å². The van der Waals surface area contributed by atoms with Crippen molar-refractivity contribution >= 4 is 5.97 Å². The number of rotatable bonds is 6. The molecule has 0 bridgehead atoms. The van der Waals surface area contributed by atoms with E-state index in [0.29, 0.717) is 6.42 Å². The maximum Gasteiger partial charge on any atom is 0.425 e. The van der Waals surface area contributed by atoms with Crippen molar-refractivity contribution in [3.05, 3.63) is 29.8 Å². The predicted molar refractivity (Wildman–Crippen MR) is 81.1 cm³/mol. The number of phenols is 1. The van der Waals surface area contributed by atoms with Gasteiger partial charge in [-0.15, -0.1) is 0 Å². The van der Waals surface area contributed by atoms with E-state index in [2.05, 4.69) is 4.74 Å². The molecule has 130 valence electrons. The number of halogens is 3. The lowest BCUT2D eigenvalue weighted by Gasteiger charge is -2.29. The summed E-state index contributed by atoms with van der Waals surface area (Å²) in [6.45, 7) is 5.94. The Morgan fingerprint density at radius 2 is 1.74 bits per heavy atom. The molecule has 1 aromatic rings. The first-order chi connectivity index (χ1) is 10.5. The highest BCUT2D eigenvalue weighted by Crippen LogP contribution is 2.36. The van der Waals surface area contributed by atoms with E-state index in [4.69, 9.17) is 0 Å². The summed E-state index contributed by atoms with van der Waals surface area (Å²) in [4.78, 5) is 12.1. The minimum atomic E-state index is -4.56. The molecule has 0 aromatic heterocycles. The summed E-state index contributed by atoms with van der Waals surface area (Å²) in [6, 6.07) is 6.61. The van der Waals surface area contributed by atoms with Gasteiger partial charge in [-0.2, -0.15) is 13.2 Å². The van der Waals surface area contributed by atoms with Crippen LogP contribution in [0.15, 0.2) is 24.3 Å². The van der Waals surface area contributed by atoms with Crippen molar-refractivity contribution in [3.63, 3.8) is 0 Å². The van der Waals surface area contributed by atoms with E-state index in [-0.39, 0.29) is 11.7 Å². The number of benzene rings is 1. The highest BCUT2D eigenvalue weighted by Gasteiger charge is 2.42. The van der Waals surface area contributed by atoms with Gasteiger partial charge >= 0.3 is 12.1 Å². The summed E-state index contributed by atoms with van der Waals surface area (Å²) in [7, 11) is 0. The van der Waals surface area contributed by atoms with Gasteiger partial charge in [0.15, 0.2) is 6.10 Å². The lowest BCUT2D eigenvalue weighted by atomic mass is 9.79. The van der Waals surface area contributed by atoms with Crippen molar-refractivity contribution in [1.82, 2.24) is 0 Å². The van der Waals surface area contributed by atoms with Gasteiger partial charge in [-0.25, -0.2) is 0 Å². The van der Waals surface area contributed by atoms with Gasteiger partial charge < -0.3 is 9.84 Å². The number of aromatic hydroxyl groups is 1. The van der Waals surface area contributed by atoms with Crippen LogP contribution in [0.25, 0.3) is 0 Å². The number of hydrogen-bond acceptors (Lipinski definition) is 3. The minimum absolute atomic E-state index is 0.0145. The molecule has 2 atom stereocenters. The number of carbonyl (C=O) groups excluding carboxylic acids is 1. The fourth-order valence-electron chi connectivity index (χ4n) is 2.33. The maximum absolute atomic E-state index is 12.5. The van der Waals surface area contributed by atoms with Crippen LogP contribution in [0.1, 0.15) is 52.0 Å². The first-order valence-electron chi connectivity index (χ1n) is 7.54. The standard InChI is InChI=1S/C17H23F3O3/c1-5-12(13-6-8-14(21)9-7-13)10-16(3,4)15(22)23-11(2)17(18,19)20/h6-9,11-12,21H,5,10H2,1-4H3. The maximum atomic E-state index is 12.5. The van der Waals surface area contributed by atoms with Crippen LogP contribution in [0.4, 0.5) is 13.2 Å². The van der Waals surface area contributed by atoms with Crippen molar-refractivity contribution < 1.29 is 27.8 Å². The zero-order valence-electron chi connectivity index (χ0n) is 13.8. The normalized spacial score (nSPS) is 15.1. The Kier molecular flexibility index (Phi) is 6.08. The molecule has 0 saturated heterocycles. The zero-order chi connectivity index (χ0) is 17.8. The summed E-state index contributed by atoms with van der Waals surface area (Å²) in [5.41, 5.74) is -0.118. The third kappa shape index (κ3) is 5.44. The number of carbonyl (C=O) groups is 1. The van der Waals surface area contributed by atoms with Crippen molar-refractivity contribution in [3.8, 4) is 5.75 Å². The highest BCUT2D eigenvalue weighted by molar-refractivity contribution is 5.76. The second-order valence-corrected chi connectivity index (χ2v) is 6.37. The zero-order valence-corrected chi connectivity index (χ0v) is 13.8. The third-order valence-electron chi connectivity index (χ3n) is 3.91. The van der Waals surface area contributed by atoms with Gasteiger partial charge in [0.25, 0.3) is 0 Å². The van der Waals surface area contributed by atoms with Gasteiger partial charge in [0.05, 0.1) is 5.41 Å². The lowest BCUT2D eigenvalue weighted by Crippen LogP contribution is -2.37. The van der Waals surface area contributed by atoms with Crippen molar-refractivity contribution in [1.29, 1.82) is 0 Å². The molecule has 2 unspecified atom stereocenters. The van der Waals surface area contributed by atoms with E-state index < -0.39 is 23.7 Å². The van der Waals surface area contributed by atoms with Crippen LogP contribution in [-0.4, -0.2) is 23.4 Å². The van der Waals surface area contributed by atoms with Gasteiger partial charge in [-0.1, -0.05) is 19.1 Å². The van der Waals surface area contributed by atoms with E-state index in [1.165, 1.54) is 0 Å². The van der Waals surface area contributed by atoms with Gasteiger partial charge in [0.2, 0.25) is 0 Å². The predicted octanol–water partition coefficient (Wildman–Crippen LogP) is 4.80. The monoisotopic (exact) mass is 332 g/mol. The summed E-state index contributed by atoms with van der Waals surface area (Å²) in [6.07, 6.45) is -5.61. The molecule has 0 aliphatic carbocycles. The van der Waals surface area contributed by atoms with Crippen molar-refractivity contribution in [2.75, 3.05) is 0 Å². The summed E-state index contributed by atoms with van der Waals surface area (Å²) in [5, 5.41) is 9.33.